The molecule has 1 saturated heterocycles. The number of nitrogens with zero attached hydrogens (tertiary/aromatic N) is 2. The van der Waals surface area contributed by atoms with E-state index >= 15 is 0 Å². The molecular weight excluding hydrogens is 286 g/mol. The van der Waals surface area contributed by atoms with Gasteiger partial charge in [-0.2, -0.15) is 0 Å². The third-order valence-corrected chi connectivity index (χ3v) is 5.51. The predicted molar refractivity (Wildman–Crippen MR) is 94.5 cm³/mol. The lowest BCUT2D eigenvalue weighted by atomic mass is 9.74. The summed E-state index contributed by atoms with van der Waals surface area (Å²) in [5.41, 5.74) is 8.62. The smallest absolute Gasteiger partial charge is 0.227 e. The molecule has 2 N–H and O–H groups in total. The van der Waals surface area contributed by atoms with Gasteiger partial charge in [0.25, 0.3) is 0 Å². The highest BCUT2D eigenvalue weighted by atomic mass is 16.2. The molecule has 4 heteroatoms. The van der Waals surface area contributed by atoms with Gasteiger partial charge in [0.1, 0.15) is 0 Å². The van der Waals surface area contributed by atoms with Crippen molar-refractivity contribution >= 4 is 11.6 Å². The van der Waals surface area contributed by atoms with Crippen molar-refractivity contribution < 1.29 is 4.79 Å². The maximum Gasteiger partial charge on any atom is 0.227 e. The summed E-state index contributed by atoms with van der Waals surface area (Å²) in [5.74, 6) is 0.278. The highest BCUT2D eigenvalue weighted by molar-refractivity contribution is 5.80. The minimum atomic E-state index is -0.330. The first-order valence-electron chi connectivity index (χ1n) is 8.87. The van der Waals surface area contributed by atoms with Gasteiger partial charge in [0.15, 0.2) is 0 Å². The topological polar surface area (TPSA) is 49.6 Å². The van der Waals surface area contributed by atoms with Gasteiger partial charge in [-0.15, -0.1) is 0 Å². The lowest BCUT2D eigenvalue weighted by Crippen LogP contribution is -2.57. The number of nitrogens with two attached hydrogens (primary N) is 1. The molecule has 4 nitrogen and oxygen atoms in total. The van der Waals surface area contributed by atoms with Crippen LogP contribution in [-0.4, -0.2) is 42.5 Å². The molecule has 1 heterocycles. The normalized spacial score (nSPS) is 28.7. The number of benzene rings is 1. The minimum Gasteiger partial charge on any atom is -0.368 e. The minimum absolute atomic E-state index is 0.00164. The molecule has 1 aromatic rings. The average molecular weight is 315 g/mol. The van der Waals surface area contributed by atoms with Crippen LogP contribution in [0.2, 0.25) is 0 Å². The highest BCUT2D eigenvalue weighted by Gasteiger charge is 2.40. The van der Waals surface area contributed by atoms with Crippen LogP contribution < -0.4 is 10.6 Å². The molecule has 1 amide bonds. The van der Waals surface area contributed by atoms with E-state index in [1.54, 1.807) is 0 Å². The summed E-state index contributed by atoms with van der Waals surface area (Å²) >= 11 is 0. The van der Waals surface area contributed by atoms with Crippen molar-refractivity contribution in [3.8, 4) is 0 Å². The van der Waals surface area contributed by atoms with Gasteiger partial charge < -0.3 is 15.5 Å². The number of carbonyl (C=O) groups excluding carboxylic acids is 1. The van der Waals surface area contributed by atoms with Crippen LogP contribution in [0.4, 0.5) is 5.69 Å². The first-order chi connectivity index (χ1) is 11.0. The number of hydrogen-bond acceptors (Lipinski definition) is 3. The van der Waals surface area contributed by atoms with Gasteiger partial charge >= 0.3 is 0 Å². The Labute approximate surface area is 139 Å². The lowest BCUT2D eigenvalue weighted by Gasteiger charge is -2.43. The SMILES string of the molecule is Cc1cccc(N2CCN(C(=O)C3CCCCC3(C)N)CC2)c1. The maximum absolute atomic E-state index is 12.9. The zero-order valence-electron chi connectivity index (χ0n) is 14.4. The Balaban J connectivity index is 1.61. The van der Waals surface area contributed by atoms with Gasteiger partial charge in [0.05, 0.1) is 5.92 Å². The summed E-state index contributed by atoms with van der Waals surface area (Å²) in [6, 6.07) is 8.59. The van der Waals surface area contributed by atoms with E-state index in [2.05, 4.69) is 43.0 Å². The van der Waals surface area contributed by atoms with Crippen molar-refractivity contribution in [3.63, 3.8) is 0 Å². The maximum atomic E-state index is 12.9. The summed E-state index contributed by atoms with van der Waals surface area (Å²) in [6.45, 7) is 7.59. The van der Waals surface area contributed by atoms with Crippen LogP contribution in [0, 0.1) is 12.8 Å². The second-order valence-electron chi connectivity index (χ2n) is 7.46. The quantitative estimate of drug-likeness (QED) is 0.912. The van der Waals surface area contributed by atoms with Crippen molar-refractivity contribution in [2.75, 3.05) is 31.1 Å². The Morgan fingerprint density at radius 2 is 1.96 bits per heavy atom. The van der Waals surface area contributed by atoms with E-state index in [1.165, 1.54) is 11.3 Å². The van der Waals surface area contributed by atoms with E-state index in [-0.39, 0.29) is 17.4 Å². The fourth-order valence-electron chi connectivity index (χ4n) is 3.99. The summed E-state index contributed by atoms with van der Waals surface area (Å²) in [4.78, 5) is 17.3. The van der Waals surface area contributed by atoms with Crippen molar-refractivity contribution in [2.45, 2.75) is 45.1 Å². The Bertz CT molecular complexity index is 561. The summed E-state index contributed by atoms with van der Waals surface area (Å²) in [5, 5.41) is 0. The van der Waals surface area contributed by atoms with E-state index in [9.17, 15) is 4.79 Å². The molecular formula is C19H29N3O. The second kappa shape index (κ2) is 6.52. The number of anilines is 1. The number of rotatable bonds is 2. The molecule has 1 aliphatic carbocycles. The second-order valence-corrected chi connectivity index (χ2v) is 7.46. The van der Waals surface area contributed by atoms with Gasteiger partial charge in [0, 0.05) is 37.4 Å². The average Bonchev–Trinajstić information content (AvgIpc) is 2.54. The van der Waals surface area contributed by atoms with E-state index in [0.717, 1.165) is 51.9 Å². The molecule has 2 aliphatic rings. The Hall–Kier alpha value is -1.55. The fraction of sp³-hybridized carbons (Fsp3) is 0.632. The number of hydrogen-bond donors (Lipinski definition) is 1. The third-order valence-electron chi connectivity index (χ3n) is 5.51. The molecule has 1 aromatic carbocycles. The Kier molecular flexibility index (Phi) is 4.62. The first kappa shape index (κ1) is 16.3. The predicted octanol–water partition coefficient (Wildman–Crippen LogP) is 2.55. The van der Waals surface area contributed by atoms with Crippen molar-refractivity contribution in [2.24, 2.45) is 11.7 Å². The molecule has 126 valence electrons. The van der Waals surface area contributed by atoms with Crippen LogP contribution in [0.15, 0.2) is 24.3 Å². The van der Waals surface area contributed by atoms with Crippen LogP contribution in [0.1, 0.15) is 38.2 Å². The molecule has 1 saturated carbocycles. The molecule has 0 radical (unpaired) electrons. The molecule has 0 bridgehead atoms. The van der Waals surface area contributed by atoms with E-state index in [1.807, 2.05) is 4.90 Å². The van der Waals surface area contributed by atoms with Gasteiger partial charge in [-0.3, -0.25) is 4.79 Å². The fourth-order valence-corrected chi connectivity index (χ4v) is 3.99. The number of piperazine rings is 1. The van der Waals surface area contributed by atoms with Crippen molar-refractivity contribution in [1.29, 1.82) is 0 Å². The Morgan fingerprint density at radius 1 is 1.22 bits per heavy atom. The molecule has 3 rings (SSSR count). The van der Waals surface area contributed by atoms with Gasteiger partial charge in [-0.25, -0.2) is 0 Å². The van der Waals surface area contributed by atoms with Gasteiger partial charge in [-0.05, 0) is 44.4 Å². The molecule has 2 fully saturated rings. The summed E-state index contributed by atoms with van der Waals surface area (Å²) < 4.78 is 0. The molecule has 1 aliphatic heterocycles. The van der Waals surface area contributed by atoms with Crippen molar-refractivity contribution in [1.82, 2.24) is 4.90 Å². The molecule has 2 atom stereocenters. The monoisotopic (exact) mass is 315 g/mol. The van der Waals surface area contributed by atoms with E-state index in [0.29, 0.717) is 0 Å². The standard InChI is InChI=1S/C19H29N3O/c1-15-6-5-7-16(14-15)21-10-12-22(13-11-21)18(23)17-8-3-4-9-19(17,2)20/h5-7,14,17H,3-4,8-13,20H2,1-2H3. The van der Waals surface area contributed by atoms with E-state index < -0.39 is 0 Å². The van der Waals surface area contributed by atoms with Crippen LogP contribution in [-0.2, 0) is 4.79 Å². The lowest BCUT2D eigenvalue weighted by molar-refractivity contribution is -0.139. The molecule has 23 heavy (non-hydrogen) atoms. The molecule has 0 spiro atoms. The number of amides is 1. The van der Waals surface area contributed by atoms with Gasteiger partial charge in [-0.1, -0.05) is 25.0 Å². The number of aryl methyl sites for hydroxylation is 1. The van der Waals surface area contributed by atoms with Gasteiger partial charge in [0.2, 0.25) is 5.91 Å². The van der Waals surface area contributed by atoms with Crippen LogP contribution in [0.25, 0.3) is 0 Å². The van der Waals surface area contributed by atoms with Crippen molar-refractivity contribution in [3.05, 3.63) is 29.8 Å². The Morgan fingerprint density at radius 3 is 2.61 bits per heavy atom. The zero-order valence-corrected chi connectivity index (χ0v) is 14.4. The largest absolute Gasteiger partial charge is 0.368 e. The zero-order chi connectivity index (χ0) is 16.4. The number of carbonyl (C=O) groups is 1. The molecule has 2 unspecified atom stereocenters. The first-order valence-corrected chi connectivity index (χ1v) is 8.87. The van der Waals surface area contributed by atoms with Crippen LogP contribution >= 0.6 is 0 Å². The highest BCUT2D eigenvalue weighted by Crippen LogP contribution is 2.33. The summed E-state index contributed by atoms with van der Waals surface area (Å²) in [6.07, 6.45) is 4.20. The molecule has 0 aromatic heterocycles. The summed E-state index contributed by atoms with van der Waals surface area (Å²) in [7, 11) is 0. The third kappa shape index (κ3) is 3.52. The van der Waals surface area contributed by atoms with Crippen LogP contribution in [0.3, 0.4) is 0 Å². The van der Waals surface area contributed by atoms with E-state index in [4.69, 9.17) is 5.73 Å². The van der Waals surface area contributed by atoms with Crippen LogP contribution in [0.5, 0.6) is 0 Å².